The molecule has 0 spiro atoms. The van der Waals surface area contributed by atoms with E-state index < -0.39 is 17.6 Å². The molecule has 100 valence electrons. The molecule has 1 rings (SSSR count). The zero-order valence-corrected chi connectivity index (χ0v) is 10.7. The minimum atomic E-state index is -1.08. The summed E-state index contributed by atoms with van der Waals surface area (Å²) in [4.78, 5) is 29.6. The van der Waals surface area contributed by atoms with Crippen LogP contribution in [0.15, 0.2) is 12.5 Å². The first-order chi connectivity index (χ1) is 8.36. The number of hydrogen-bond donors (Lipinski definition) is 4. The number of carbonyl (C=O) groups excluding carboxylic acids is 1. The molecule has 1 amide bonds. The van der Waals surface area contributed by atoms with E-state index in [1.165, 1.54) is 12.5 Å². The molecule has 7 nitrogen and oxygen atoms in total. The van der Waals surface area contributed by atoms with E-state index in [0.29, 0.717) is 5.69 Å². The number of aromatic amines is 1. The molecule has 0 radical (unpaired) electrons. The Kier molecular flexibility index (Phi) is 4.43. The number of hydrogen-bond acceptors (Lipinski definition) is 4. The smallest absolute Gasteiger partial charge is 0.326 e. The van der Waals surface area contributed by atoms with Gasteiger partial charge in [-0.3, -0.25) is 4.79 Å². The van der Waals surface area contributed by atoms with Gasteiger partial charge >= 0.3 is 5.97 Å². The average Bonchev–Trinajstić information content (AvgIpc) is 2.80. The standard InChI is InChI=1S/C11H18N4O3/c1-11(2,12-3)10(18)15-8(9(16)17)4-7-5-13-6-14-7/h5-6,8,12H,4H2,1-3H3,(H,13,14)(H,15,18)(H,16,17)/t8-/m0/s1. The highest BCUT2D eigenvalue weighted by Gasteiger charge is 2.30. The van der Waals surface area contributed by atoms with Crippen molar-refractivity contribution in [1.29, 1.82) is 0 Å². The molecule has 4 N–H and O–H groups in total. The van der Waals surface area contributed by atoms with Crippen molar-refractivity contribution >= 4 is 11.9 Å². The normalized spacial score (nSPS) is 13.1. The van der Waals surface area contributed by atoms with Gasteiger partial charge in [-0.15, -0.1) is 0 Å². The van der Waals surface area contributed by atoms with Gasteiger partial charge in [0.1, 0.15) is 6.04 Å². The molecule has 0 saturated carbocycles. The van der Waals surface area contributed by atoms with Gasteiger partial charge in [-0.2, -0.15) is 0 Å². The first-order valence-corrected chi connectivity index (χ1v) is 5.56. The van der Waals surface area contributed by atoms with E-state index in [1.54, 1.807) is 20.9 Å². The number of aliphatic carboxylic acids is 1. The van der Waals surface area contributed by atoms with Crippen molar-refractivity contribution in [2.24, 2.45) is 0 Å². The van der Waals surface area contributed by atoms with E-state index in [2.05, 4.69) is 20.6 Å². The molecule has 0 aliphatic rings. The van der Waals surface area contributed by atoms with Gasteiger partial charge in [0.15, 0.2) is 0 Å². The molecular weight excluding hydrogens is 236 g/mol. The lowest BCUT2D eigenvalue weighted by Crippen LogP contribution is -2.55. The molecule has 1 aromatic heterocycles. The van der Waals surface area contributed by atoms with Crippen molar-refractivity contribution in [2.45, 2.75) is 31.8 Å². The quantitative estimate of drug-likeness (QED) is 0.548. The molecule has 0 unspecified atom stereocenters. The number of carboxylic acids is 1. The van der Waals surface area contributed by atoms with Gasteiger partial charge in [-0.05, 0) is 20.9 Å². The van der Waals surface area contributed by atoms with Crippen molar-refractivity contribution in [3.05, 3.63) is 18.2 Å². The van der Waals surface area contributed by atoms with Crippen LogP contribution in [0.2, 0.25) is 0 Å². The highest BCUT2D eigenvalue weighted by molar-refractivity contribution is 5.89. The molecule has 0 aliphatic heterocycles. The summed E-state index contributed by atoms with van der Waals surface area (Å²) >= 11 is 0. The van der Waals surface area contributed by atoms with Crippen molar-refractivity contribution in [3.8, 4) is 0 Å². The number of carboxylic acid groups (broad SMARTS) is 1. The van der Waals surface area contributed by atoms with Gasteiger partial charge in [0.25, 0.3) is 0 Å². The molecule has 0 aliphatic carbocycles. The first-order valence-electron chi connectivity index (χ1n) is 5.56. The molecule has 1 aromatic rings. The van der Waals surface area contributed by atoms with Gasteiger partial charge in [-0.25, -0.2) is 9.78 Å². The number of carbonyl (C=O) groups is 2. The number of H-pyrrole nitrogens is 1. The molecule has 7 heteroatoms. The topological polar surface area (TPSA) is 107 Å². The maximum Gasteiger partial charge on any atom is 0.326 e. The van der Waals surface area contributed by atoms with Crippen LogP contribution in [0.4, 0.5) is 0 Å². The fourth-order valence-electron chi connectivity index (χ4n) is 1.27. The lowest BCUT2D eigenvalue weighted by atomic mass is 10.0. The lowest BCUT2D eigenvalue weighted by Gasteiger charge is -2.25. The fraction of sp³-hybridized carbons (Fsp3) is 0.545. The van der Waals surface area contributed by atoms with E-state index in [1.807, 2.05) is 0 Å². The van der Waals surface area contributed by atoms with Crippen LogP contribution in [0.25, 0.3) is 0 Å². The average molecular weight is 254 g/mol. The van der Waals surface area contributed by atoms with Crippen LogP contribution in [0.1, 0.15) is 19.5 Å². The van der Waals surface area contributed by atoms with Gasteiger partial charge in [0.05, 0.1) is 11.9 Å². The minimum Gasteiger partial charge on any atom is -0.480 e. The molecular formula is C11H18N4O3. The highest BCUT2D eigenvalue weighted by atomic mass is 16.4. The Labute approximate surface area is 105 Å². The third-order valence-corrected chi connectivity index (χ3v) is 2.77. The predicted octanol–water partition coefficient (Wildman–Crippen LogP) is -0.480. The van der Waals surface area contributed by atoms with Gasteiger partial charge in [0.2, 0.25) is 5.91 Å². The Balaban J connectivity index is 2.70. The summed E-state index contributed by atoms with van der Waals surface area (Å²) < 4.78 is 0. The van der Waals surface area contributed by atoms with E-state index in [4.69, 9.17) is 5.11 Å². The van der Waals surface area contributed by atoms with Gasteiger partial charge < -0.3 is 20.7 Å². The third kappa shape index (κ3) is 3.56. The summed E-state index contributed by atoms with van der Waals surface area (Å²) in [6.45, 7) is 3.36. The summed E-state index contributed by atoms with van der Waals surface area (Å²) in [5.74, 6) is -1.44. The minimum absolute atomic E-state index is 0.168. The second-order valence-electron chi connectivity index (χ2n) is 4.52. The number of rotatable bonds is 6. The van der Waals surface area contributed by atoms with Gasteiger partial charge in [0, 0.05) is 18.3 Å². The van der Waals surface area contributed by atoms with Crippen LogP contribution in [-0.2, 0) is 16.0 Å². The Bertz CT molecular complexity index is 414. The summed E-state index contributed by atoms with van der Waals surface area (Å²) in [7, 11) is 1.64. The fourth-order valence-corrected chi connectivity index (χ4v) is 1.27. The molecule has 0 saturated heterocycles. The third-order valence-electron chi connectivity index (χ3n) is 2.77. The Morgan fingerprint density at radius 2 is 2.22 bits per heavy atom. The number of amides is 1. The molecule has 1 heterocycles. The maximum absolute atomic E-state index is 11.9. The molecule has 0 bridgehead atoms. The van der Waals surface area contributed by atoms with Crippen LogP contribution < -0.4 is 10.6 Å². The first kappa shape index (κ1) is 14.2. The highest BCUT2D eigenvalue weighted by Crippen LogP contribution is 2.04. The monoisotopic (exact) mass is 254 g/mol. The SMILES string of the molecule is CNC(C)(C)C(=O)N[C@@H](Cc1cnc[nH]1)C(=O)O. The molecule has 0 aromatic carbocycles. The summed E-state index contributed by atoms with van der Waals surface area (Å²) in [5.41, 5.74) is -0.160. The second kappa shape index (κ2) is 5.63. The van der Waals surface area contributed by atoms with Crippen LogP contribution in [0.5, 0.6) is 0 Å². The van der Waals surface area contributed by atoms with E-state index in [9.17, 15) is 9.59 Å². The Morgan fingerprint density at radius 1 is 1.56 bits per heavy atom. The largest absolute Gasteiger partial charge is 0.480 e. The number of aromatic nitrogens is 2. The summed E-state index contributed by atoms with van der Waals surface area (Å²) in [6, 6.07) is -0.981. The van der Waals surface area contributed by atoms with Crippen LogP contribution in [0.3, 0.4) is 0 Å². The lowest BCUT2D eigenvalue weighted by molar-refractivity contribution is -0.142. The van der Waals surface area contributed by atoms with E-state index in [0.717, 1.165) is 0 Å². The number of nitrogens with one attached hydrogen (secondary N) is 3. The second-order valence-corrected chi connectivity index (χ2v) is 4.52. The van der Waals surface area contributed by atoms with Crippen LogP contribution in [-0.4, -0.2) is 45.6 Å². The van der Waals surface area contributed by atoms with Crippen molar-refractivity contribution < 1.29 is 14.7 Å². The number of likely N-dealkylation sites (N-methyl/N-ethyl adjacent to an activating group) is 1. The van der Waals surface area contributed by atoms with Crippen molar-refractivity contribution in [2.75, 3.05) is 7.05 Å². The number of imidazole rings is 1. The van der Waals surface area contributed by atoms with Crippen molar-refractivity contribution in [1.82, 2.24) is 20.6 Å². The zero-order valence-electron chi connectivity index (χ0n) is 10.7. The number of nitrogens with zero attached hydrogens (tertiary/aromatic N) is 1. The van der Waals surface area contributed by atoms with Crippen LogP contribution in [0, 0.1) is 0 Å². The molecule has 0 fully saturated rings. The predicted molar refractivity (Wildman–Crippen MR) is 65.0 cm³/mol. The molecule has 18 heavy (non-hydrogen) atoms. The van der Waals surface area contributed by atoms with Crippen molar-refractivity contribution in [3.63, 3.8) is 0 Å². The summed E-state index contributed by atoms with van der Waals surface area (Å²) in [6.07, 6.45) is 3.17. The molecule has 1 atom stereocenters. The summed E-state index contributed by atoms with van der Waals surface area (Å²) in [5, 5.41) is 14.4. The van der Waals surface area contributed by atoms with Gasteiger partial charge in [-0.1, -0.05) is 0 Å². The Morgan fingerprint density at radius 3 is 2.67 bits per heavy atom. The Hall–Kier alpha value is -1.89. The van der Waals surface area contributed by atoms with E-state index >= 15 is 0 Å². The maximum atomic E-state index is 11.9. The van der Waals surface area contributed by atoms with E-state index in [-0.39, 0.29) is 12.3 Å². The zero-order chi connectivity index (χ0) is 13.8. The van der Waals surface area contributed by atoms with Crippen LogP contribution >= 0.6 is 0 Å².